The summed E-state index contributed by atoms with van der Waals surface area (Å²) in [6.45, 7) is 1.90. The lowest BCUT2D eigenvalue weighted by Gasteiger charge is -2.17. The van der Waals surface area contributed by atoms with Crippen LogP contribution in [0.4, 0.5) is 5.69 Å². The average molecular weight is 385 g/mol. The summed E-state index contributed by atoms with van der Waals surface area (Å²) in [5.74, 6) is 1.29. The summed E-state index contributed by atoms with van der Waals surface area (Å²) in [5.41, 5.74) is 2.97. The Labute approximate surface area is 162 Å². The van der Waals surface area contributed by atoms with E-state index in [4.69, 9.17) is 21.1 Å². The van der Waals surface area contributed by atoms with Crippen LogP contribution in [0.1, 0.15) is 24.0 Å². The molecule has 0 aliphatic heterocycles. The molecule has 2 aromatic carbocycles. The Morgan fingerprint density at radius 2 is 1.96 bits per heavy atom. The molecule has 0 saturated heterocycles. The van der Waals surface area contributed by atoms with E-state index in [2.05, 4.69) is 10.3 Å². The minimum Gasteiger partial charge on any atom is -0.497 e. The van der Waals surface area contributed by atoms with Crippen molar-refractivity contribution in [2.75, 3.05) is 19.5 Å². The van der Waals surface area contributed by atoms with Crippen molar-refractivity contribution in [3.8, 4) is 11.5 Å². The molecule has 4 rings (SSSR count). The van der Waals surface area contributed by atoms with Crippen LogP contribution in [-0.4, -0.2) is 25.1 Å². The number of methoxy groups -OCH3 is 2. The number of carbonyl (C=O) groups is 1. The topological polar surface area (TPSA) is 63.4 Å². The van der Waals surface area contributed by atoms with Crippen molar-refractivity contribution in [3.05, 3.63) is 52.7 Å². The van der Waals surface area contributed by atoms with Crippen molar-refractivity contribution in [1.82, 2.24) is 4.98 Å². The zero-order chi connectivity index (χ0) is 19.2. The predicted molar refractivity (Wildman–Crippen MR) is 107 cm³/mol. The van der Waals surface area contributed by atoms with Gasteiger partial charge in [-0.05, 0) is 55.2 Å². The third-order valence-electron chi connectivity index (χ3n) is 5.32. The number of carbonyl (C=O) groups excluding carboxylic acids is 1. The van der Waals surface area contributed by atoms with E-state index in [9.17, 15) is 4.79 Å². The first-order valence-electron chi connectivity index (χ1n) is 8.80. The molecular formula is C21H21ClN2O3. The van der Waals surface area contributed by atoms with Crippen molar-refractivity contribution in [3.63, 3.8) is 0 Å². The number of anilines is 1. The van der Waals surface area contributed by atoms with Gasteiger partial charge in [-0.2, -0.15) is 0 Å². The maximum atomic E-state index is 13.2. The molecule has 6 heteroatoms. The Morgan fingerprint density at radius 1 is 1.19 bits per heavy atom. The fourth-order valence-electron chi connectivity index (χ4n) is 3.54. The van der Waals surface area contributed by atoms with Gasteiger partial charge in [-0.1, -0.05) is 11.6 Å². The van der Waals surface area contributed by atoms with E-state index < -0.39 is 5.41 Å². The monoisotopic (exact) mass is 384 g/mol. The summed E-state index contributed by atoms with van der Waals surface area (Å²) < 4.78 is 10.7. The lowest BCUT2D eigenvalue weighted by atomic mass is 9.94. The smallest absolute Gasteiger partial charge is 0.235 e. The largest absolute Gasteiger partial charge is 0.497 e. The first-order chi connectivity index (χ1) is 13.0. The van der Waals surface area contributed by atoms with Crippen LogP contribution >= 0.6 is 11.6 Å². The van der Waals surface area contributed by atoms with Crippen LogP contribution in [0.15, 0.2) is 36.5 Å². The molecule has 1 aromatic heterocycles. The molecule has 1 fully saturated rings. The molecule has 1 saturated carbocycles. The molecule has 1 amide bonds. The zero-order valence-electron chi connectivity index (χ0n) is 15.5. The second-order valence-corrected chi connectivity index (χ2v) is 7.36. The molecular weight excluding hydrogens is 364 g/mol. The number of ether oxygens (including phenoxy) is 2. The molecule has 1 heterocycles. The van der Waals surface area contributed by atoms with Crippen molar-refractivity contribution in [2.24, 2.45) is 0 Å². The highest BCUT2D eigenvalue weighted by Gasteiger charge is 2.52. The SMILES string of the molecule is COc1ccc2[nH]cc(C3(C(=O)Nc4cc(C)c(Cl)cc4OC)CC3)c2c1. The number of aromatic amines is 1. The van der Waals surface area contributed by atoms with Crippen LogP contribution in [0.2, 0.25) is 5.02 Å². The summed E-state index contributed by atoms with van der Waals surface area (Å²) in [4.78, 5) is 16.5. The molecule has 0 radical (unpaired) electrons. The lowest BCUT2D eigenvalue weighted by molar-refractivity contribution is -0.118. The number of hydrogen-bond acceptors (Lipinski definition) is 3. The van der Waals surface area contributed by atoms with Gasteiger partial charge in [-0.25, -0.2) is 0 Å². The molecule has 5 nitrogen and oxygen atoms in total. The summed E-state index contributed by atoms with van der Waals surface area (Å²) in [6.07, 6.45) is 3.54. The highest BCUT2D eigenvalue weighted by atomic mass is 35.5. The van der Waals surface area contributed by atoms with E-state index in [1.165, 1.54) is 0 Å². The number of benzene rings is 2. The summed E-state index contributed by atoms with van der Waals surface area (Å²) in [7, 11) is 3.21. The van der Waals surface area contributed by atoms with Crippen LogP contribution in [-0.2, 0) is 10.2 Å². The molecule has 2 N–H and O–H groups in total. The highest BCUT2D eigenvalue weighted by Crippen LogP contribution is 2.51. The van der Waals surface area contributed by atoms with Gasteiger partial charge < -0.3 is 19.8 Å². The second kappa shape index (κ2) is 6.50. The van der Waals surface area contributed by atoms with Crippen LogP contribution in [0.5, 0.6) is 11.5 Å². The van der Waals surface area contributed by atoms with Gasteiger partial charge in [-0.15, -0.1) is 0 Å². The molecule has 0 atom stereocenters. The number of halogens is 1. The number of aromatic nitrogens is 1. The van der Waals surface area contributed by atoms with Gasteiger partial charge >= 0.3 is 0 Å². The van der Waals surface area contributed by atoms with E-state index in [1.54, 1.807) is 20.3 Å². The van der Waals surface area contributed by atoms with Gasteiger partial charge in [-0.3, -0.25) is 4.79 Å². The quantitative estimate of drug-likeness (QED) is 0.663. The molecule has 3 aromatic rings. The number of hydrogen-bond donors (Lipinski definition) is 2. The Bertz CT molecular complexity index is 1040. The maximum Gasteiger partial charge on any atom is 0.235 e. The van der Waals surface area contributed by atoms with E-state index in [0.717, 1.165) is 40.6 Å². The minimum atomic E-state index is -0.539. The molecule has 0 spiro atoms. The third-order valence-corrected chi connectivity index (χ3v) is 5.73. The average Bonchev–Trinajstić information content (AvgIpc) is 3.37. The number of aryl methyl sites for hydroxylation is 1. The van der Waals surface area contributed by atoms with Gasteiger partial charge in [0.1, 0.15) is 11.5 Å². The summed E-state index contributed by atoms with van der Waals surface area (Å²) in [6, 6.07) is 9.42. The summed E-state index contributed by atoms with van der Waals surface area (Å²) in [5, 5.41) is 4.67. The van der Waals surface area contributed by atoms with Crippen molar-refractivity contribution >= 4 is 34.1 Å². The van der Waals surface area contributed by atoms with E-state index in [-0.39, 0.29) is 5.91 Å². The lowest BCUT2D eigenvalue weighted by Crippen LogP contribution is -2.27. The fourth-order valence-corrected chi connectivity index (χ4v) is 3.69. The Morgan fingerprint density at radius 3 is 2.63 bits per heavy atom. The van der Waals surface area contributed by atoms with Gasteiger partial charge in [0.15, 0.2) is 0 Å². The van der Waals surface area contributed by atoms with Gasteiger partial charge in [0.25, 0.3) is 0 Å². The van der Waals surface area contributed by atoms with E-state index in [1.807, 2.05) is 37.4 Å². The normalized spacial score (nSPS) is 14.8. The zero-order valence-corrected chi connectivity index (χ0v) is 16.2. The van der Waals surface area contributed by atoms with Crippen LogP contribution < -0.4 is 14.8 Å². The van der Waals surface area contributed by atoms with Crippen molar-refractivity contribution < 1.29 is 14.3 Å². The highest BCUT2D eigenvalue weighted by molar-refractivity contribution is 6.31. The first kappa shape index (κ1) is 17.7. The number of H-pyrrole nitrogens is 1. The van der Waals surface area contributed by atoms with Crippen molar-refractivity contribution in [1.29, 1.82) is 0 Å². The van der Waals surface area contributed by atoms with E-state index in [0.29, 0.717) is 16.5 Å². The number of nitrogens with one attached hydrogen (secondary N) is 2. The number of rotatable bonds is 5. The van der Waals surface area contributed by atoms with Gasteiger partial charge in [0.05, 0.1) is 25.3 Å². The third kappa shape index (κ3) is 2.92. The molecule has 1 aliphatic rings. The number of fused-ring (bicyclic) bond motifs is 1. The Kier molecular flexibility index (Phi) is 4.27. The Hall–Kier alpha value is -2.66. The maximum absolute atomic E-state index is 13.2. The van der Waals surface area contributed by atoms with Crippen LogP contribution in [0, 0.1) is 6.92 Å². The van der Waals surface area contributed by atoms with E-state index >= 15 is 0 Å². The second-order valence-electron chi connectivity index (χ2n) is 6.95. The molecule has 0 bridgehead atoms. The van der Waals surface area contributed by atoms with Crippen LogP contribution in [0.25, 0.3) is 10.9 Å². The first-order valence-corrected chi connectivity index (χ1v) is 9.17. The Balaban J connectivity index is 1.70. The number of amides is 1. The fraction of sp³-hybridized carbons (Fsp3) is 0.286. The standard InChI is InChI=1S/C21H21ClN2O3/c1-12-8-18(19(27-3)10-16(12)22)24-20(25)21(6-7-21)15-11-23-17-5-4-13(26-2)9-14(15)17/h4-5,8-11,23H,6-7H2,1-3H3,(H,24,25). The van der Waals surface area contributed by atoms with Gasteiger partial charge in [0, 0.05) is 28.2 Å². The van der Waals surface area contributed by atoms with Crippen molar-refractivity contribution in [2.45, 2.75) is 25.2 Å². The molecule has 27 heavy (non-hydrogen) atoms. The van der Waals surface area contributed by atoms with Crippen LogP contribution in [0.3, 0.4) is 0 Å². The minimum absolute atomic E-state index is 0.0359. The summed E-state index contributed by atoms with van der Waals surface area (Å²) >= 11 is 6.17. The molecule has 1 aliphatic carbocycles. The predicted octanol–water partition coefficient (Wildman–Crippen LogP) is 4.82. The molecule has 140 valence electrons. The molecule has 0 unspecified atom stereocenters. The van der Waals surface area contributed by atoms with Gasteiger partial charge in [0.2, 0.25) is 5.91 Å².